The third-order valence-electron chi connectivity index (χ3n) is 5.25. The molecule has 1 saturated heterocycles. The van der Waals surface area contributed by atoms with E-state index in [1.165, 1.54) is 12.1 Å². The maximum absolute atomic E-state index is 13.3. The SMILES string of the molecule is CC1CC(CCO)(c2ccc(F)cc2)OC(=O)N1[C@@H](C)c1ccc(Br)cc1. The summed E-state index contributed by atoms with van der Waals surface area (Å²) < 4.78 is 20.2. The van der Waals surface area contributed by atoms with Gasteiger partial charge in [0.05, 0.1) is 6.04 Å². The lowest BCUT2D eigenvalue weighted by atomic mass is 9.82. The number of amides is 1. The lowest BCUT2D eigenvalue weighted by molar-refractivity contribution is -0.0900. The van der Waals surface area contributed by atoms with E-state index in [0.29, 0.717) is 12.0 Å². The number of rotatable bonds is 5. The van der Waals surface area contributed by atoms with Crippen LogP contribution in [0.25, 0.3) is 0 Å². The van der Waals surface area contributed by atoms with E-state index in [1.807, 2.05) is 38.1 Å². The molecule has 2 aromatic rings. The van der Waals surface area contributed by atoms with Gasteiger partial charge in [0.15, 0.2) is 0 Å². The molecule has 2 aromatic carbocycles. The van der Waals surface area contributed by atoms with Crippen molar-refractivity contribution in [2.75, 3.05) is 6.61 Å². The minimum Gasteiger partial charge on any atom is -0.438 e. The van der Waals surface area contributed by atoms with Crippen molar-refractivity contribution in [2.45, 2.75) is 44.4 Å². The predicted molar refractivity (Wildman–Crippen MR) is 105 cm³/mol. The number of carbonyl (C=O) groups is 1. The number of aliphatic hydroxyl groups excluding tert-OH is 1. The topological polar surface area (TPSA) is 49.8 Å². The van der Waals surface area contributed by atoms with Gasteiger partial charge in [-0.15, -0.1) is 0 Å². The van der Waals surface area contributed by atoms with E-state index in [0.717, 1.165) is 10.0 Å². The Labute approximate surface area is 167 Å². The molecule has 3 rings (SSSR count). The zero-order valence-electron chi connectivity index (χ0n) is 15.4. The molecule has 2 unspecified atom stereocenters. The van der Waals surface area contributed by atoms with E-state index in [9.17, 15) is 14.3 Å². The first-order chi connectivity index (χ1) is 12.9. The molecule has 1 N–H and O–H groups in total. The summed E-state index contributed by atoms with van der Waals surface area (Å²) in [4.78, 5) is 14.7. The van der Waals surface area contributed by atoms with Crippen molar-refractivity contribution in [2.24, 2.45) is 0 Å². The molecule has 0 bridgehead atoms. The van der Waals surface area contributed by atoms with Gasteiger partial charge >= 0.3 is 6.09 Å². The Morgan fingerprint density at radius 2 is 1.89 bits per heavy atom. The second-order valence-corrected chi connectivity index (χ2v) is 7.95. The van der Waals surface area contributed by atoms with Crippen molar-refractivity contribution in [3.8, 4) is 0 Å². The minimum absolute atomic E-state index is 0.110. The molecule has 0 aliphatic carbocycles. The largest absolute Gasteiger partial charge is 0.438 e. The Balaban J connectivity index is 1.89. The van der Waals surface area contributed by atoms with E-state index in [4.69, 9.17) is 4.74 Å². The van der Waals surface area contributed by atoms with Crippen LogP contribution in [0.5, 0.6) is 0 Å². The maximum Gasteiger partial charge on any atom is 0.411 e. The average Bonchev–Trinajstić information content (AvgIpc) is 2.62. The summed E-state index contributed by atoms with van der Waals surface area (Å²) >= 11 is 3.42. The van der Waals surface area contributed by atoms with Crippen LogP contribution in [0.15, 0.2) is 53.0 Å². The van der Waals surface area contributed by atoms with Crippen molar-refractivity contribution >= 4 is 22.0 Å². The van der Waals surface area contributed by atoms with E-state index in [1.54, 1.807) is 17.0 Å². The van der Waals surface area contributed by atoms with E-state index in [2.05, 4.69) is 15.9 Å². The Morgan fingerprint density at radius 1 is 1.26 bits per heavy atom. The summed E-state index contributed by atoms with van der Waals surface area (Å²) in [5.41, 5.74) is 0.766. The van der Waals surface area contributed by atoms with Gasteiger partial charge in [-0.05, 0) is 49.2 Å². The molecule has 27 heavy (non-hydrogen) atoms. The Hall–Kier alpha value is -1.92. The highest BCUT2D eigenvalue weighted by Gasteiger charge is 2.46. The van der Waals surface area contributed by atoms with E-state index >= 15 is 0 Å². The molecule has 1 heterocycles. The zero-order chi connectivity index (χ0) is 19.6. The predicted octanol–water partition coefficient (Wildman–Crippen LogP) is 5.16. The highest BCUT2D eigenvalue weighted by atomic mass is 79.9. The number of carbonyl (C=O) groups excluding carboxylic acids is 1. The third-order valence-corrected chi connectivity index (χ3v) is 5.78. The fraction of sp³-hybridized carbons (Fsp3) is 0.381. The molecular weight excluding hydrogens is 413 g/mol. The van der Waals surface area contributed by atoms with Crippen LogP contribution in [-0.4, -0.2) is 28.7 Å². The number of ether oxygens (including phenoxy) is 1. The van der Waals surface area contributed by atoms with Crippen LogP contribution in [0.1, 0.15) is 43.9 Å². The molecule has 1 aliphatic heterocycles. The normalized spacial score (nSPS) is 23.8. The van der Waals surface area contributed by atoms with Gasteiger partial charge in [0.25, 0.3) is 0 Å². The number of cyclic esters (lactones) is 1. The molecule has 144 valence electrons. The van der Waals surface area contributed by atoms with Crippen LogP contribution in [0, 0.1) is 5.82 Å². The van der Waals surface area contributed by atoms with Crippen LogP contribution in [0.3, 0.4) is 0 Å². The Morgan fingerprint density at radius 3 is 2.44 bits per heavy atom. The van der Waals surface area contributed by atoms with Gasteiger partial charge in [-0.1, -0.05) is 40.2 Å². The van der Waals surface area contributed by atoms with Gasteiger partial charge in [0.1, 0.15) is 11.4 Å². The summed E-state index contributed by atoms with van der Waals surface area (Å²) in [5, 5.41) is 9.57. The molecule has 6 heteroatoms. The van der Waals surface area contributed by atoms with Crippen molar-refractivity contribution in [3.63, 3.8) is 0 Å². The molecule has 0 saturated carbocycles. The first-order valence-corrected chi connectivity index (χ1v) is 9.79. The minimum atomic E-state index is -0.950. The Bertz CT molecular complexity index is 796. The van der Waals surface area contributed by atoms with Crippen LogP contribution in [0.2, 0.25) is 0 Å². The molecule has 0 radical (unpaired) electrons. The van der Waals surface area contributed by atoms with Crippen molar-refractivity contribution in [3.05, 3.63) is 69.9 Å². The lowest BCUT2D eigenvalue weighted by Crippen LogP contribution is -2.53. The number of halogens is 2. The van der Waals surface area contributed by atoms with Gasteiger partial charge in [-0.3, -0.25) is 4.90 Å². The molecule has 4 nitrogen and oxygen atoms in total. The maximum atomic E-state index is 13.3. The van der Waals surface area contributed by atoms with Gasteiger partial charge < -0.3 is 9.84 Å². The summed E-state index contributed by atoms with van der Waals surface area (Å²) in [5.74, 6) is -0.349. The number of hydrogen-bond donors (Lipinski definition) is 1. The molecule has 0 spiro atoms. The highest BCUT2D eigenvalue weighted by Crippen LogP contribution is 2.42. The van der Waals surface area contributed by atoms with Gasteiger partial charge in [-0.2, -0.15) is 0 Å². The molecule has 3 atom stereocenters. The smallest absolute Gasteiger partial charge is 0.411 e. The monoisotopic (exact) mass is 435 g/mol. The molecule has 1 fully saturated rings. The summed E-state index contributed by atoms with van der Waals surface area (Å²) in [7, 11) is 0. The number of nitrogens with zero attached hydrogens (tertiary/aromatic N) is 1. The first-order valence-electron chi connectivity index (χ1n) is 9.00. The van der Waals surface area contributed by atoms with E-state index in [-0.39, 0.29) is 30.9 Å². The van der Waals surface area contributed by atoms with Crippen molar-refractivity contribution < 1.29 is 19.0 Å². The number of benzene rings is 2. The fourth-order valence-corrected chi connectivity index (χ4v) is 4.13. The average molecular weight is 436 g/mol. The molecule has 0 aromatic heterocycles. The molecule has 1 amide bonds. The van der Waals surface area contributed by atoms with Gasteiger partial charge in [0.2, 0.25) is 0 Å². The van der Waals surface area contributed by atoms with Crippen molar-refractivity contribution in [1.82, 2.24) is 4.90 Å². The summed E-state index contributed by atoms with van der Waals surface area (Å²) in [6.07, 6.45) is 0.364. The summed E-state index contributed by atoms with van der Waals surface area (Å²) in [6, 6.07) is 13.5. The number of hydrogen-bond acceptors (Lipinski definition) is 3. The third kappa shape index (κ3) is 4.01. The Kier molecular flexibility index (Phi) is 5.86. The first kappa shape index (κ1) is 19.8. The van der Waals surface area contributed by atoms with Crippen LogP contribution >= 0.6 is 15.9 Å². The fourth-order valence-electron chi connectivity index (χ4n) is 3.87. The molecule has 1 aliphatic rings. The molecular formula is C21H23BrFNO3. The highest BCUT2D eigenvalue weighted by molar-refractivity contribution is 9.10. The van der Waals surface area contributed by atoms with Crippen LogP contribution in [0.4, 0.5) is 9.18 Å². The van der Waals surface area contributed by atoms with Gasteiger partial charge in [0, 0.05) is 30.0 Å². The van der Waals surface area contributed by atoms with Crippen molar-refractivity contribution in [1.29, 1.82) is 0 Å². The standard InChI is InChI=1S/C21H23BrFNO3/c1-14-13-21(11-12-25,17-5-9-19(23)10-6-17)27-20(26)24(14)15(2)16-3-7-18(22)8-4-16/h3-10,14-15,25H,11-13H2,1-2H3/t14?,15-,21?/m0/s1. The van der Waals surface area contributed by atoms with E-state index < -0.39 is 11.7 Å². The quantitative estimate of drug-likeness (QED) is 0.705. The zero-order valence-corrected chi connectivity index (χ0v) is 16.9. The number of aliphatic hydroxyl groups is 1. The van der Waals surface area contributed by atoms with Crippen LogP contribution in [-0.2, 0) is 10.3 Å². The van der Waals surface area contributed by atoms with Gasteiger partial charge in [-0.25, -0.2) is 9.18 Å². The second-order valence-electron chi connectivity index (χ2n) is 7.03. The second kappa shape index (κ2) is 7.98. The lowest BCUT2D eigenvalue weighted by Gasteiger charge is -2.47. The van der Waals surface area contributed by atoms with Crippen LogP contribution < -0.4 is 0 Å². The summed E-state index contributed by atoms with van der Waals surface area (Å²) in [6.45, 7) is 3.82.